The van der Waals surface area contributed by atoms with Gasteiger partial charge in [0, 0.05) is 11.8 Å². The molecule has 7 heteroatoms. The van der Waals surface area contributed by atoms with Gasteiger partial charge in [-0.15, -0.1) is 0 Å². The molecule has 0 aliphatic carbocycles. The van der Waals surface area contributed by atoms with Crippen LogP contribution >= 0.6 is 0 Å². The highest BCUT2D eigenvalue weighted by molar-refractivity contribution is 7.88. The Labute approximate surface area is 128 Å². The number of hydrogen-bond donors (Lipinski definition) is 2. The lowest BCUT2D eigenvalue weighted by atomic mass is 10.2. The predicted molar refractivity (Wildman–Crippen MR) is 84.4 cm³/mol. The molecule has 1 heterocycles. The van der Waals surface area contributed by atoms with Crippen molar-refractivity contribution in [3.8, 4) is 0 Å². The average Bonchev–Trinajstić information content (AvgIpc) is 2.83. The highest BCUT2D eigenvalue weighted by Crippen LogP contribution is 2.12. The molecule has 0 spiro atoms. The Morgan fingerprint density at radius 3 is 2.45 bits per heavy atom. The molecule has 22 heavy (non-hydrogen) atoms. The van der Waals surface area contributed by atoms with Crippen molar-refractivity contribution in [1.82, 2.24) is 0 Å². The molecule has 0 bridgehead atoms. The standard InChI is InChI=1S/C15H16N2O4S/c1-11-2-7-14(21-11)8-9-15(18)17-13-5-3-12(4-6-13)10-22(16,19)20/h2-9H,10H2,1H3,(H,17,18)(H2,16,19,20)/b9-8+. The summed E-state index contributed by atoms with van der Waals surface area (Å²) in [6.07, 6.45) is 2.92. The Morgan fingerprint density at radius 2 is 1.91 bits per heavy atom. The first kappa shape index (κ1) is 16.0. The third-order valence-electron chi connectivity index (χ3n) is 2.75. The largest absolute Gasteiger partial charge is 0.462 e. The van der Waals surface area contributed by atoms with Gasteiger partial charge >= 0.3 is 0 Å². The Kier molecular flexibility index (Phi) is 4.79. The molecule has 3 N–H and O–H groups in total. The van der Waals surface area contributed by atoms with E-state index in [4.69, 9.17) is 9.56 Å². The van der Waals surface area contributed by atoms with E-state index in [0.717, 1.165) is 5.76 Å². The first-order valence-electron chi connectivity index (χ1n) is 6.47. The van der Waals surface area contributed by atoms with E-state index in [0.29, 0.717) is 17.0 Å². The van der Waals surface area contributed by atoms with Gasteiger partial charge in [-0.3, -0.25) is 4.79 Å². The number of nitrogens with one attached hydrogen (secondary N) is 1. The van der Waals surface area contributed by atoms with Crippen LogP contribution in [0.4, 0.5) is 5.69 Å². The van der Waals surface area contributed by atoms with Crippen molar-refractivity contribution in [2.24, 2.45) is 5.14 Å². The fourth-order valence-electron chi connectivity index (χ4n) is 1.80. The third kappa shape index (κ3) is 5.19. The van der Waals surface area contributed by atoms with Crippen molar-refractivity contribution in [3.05, 3.63) is 59.6 Å². The normalized spacial score (nSPS) is 11.7. The highest BCUT2D eigenvalue weighted by atomic mass is 32.2. The minimum atomic E-state index is -3.56. The first-order chi connectivity index (χ1) is 10.3. The Balaban J connectivity index is 1.95. The highest BCUT2D eigenvalue weighted by Gasteiger charge is 2.05. The zero-order valence-corrected chi connectivity index (χ0v) is 12.8. The number of primary sulfonamides is 1. The number of sulfonamides is 1. The molecular formula is C15H16N2O4S. The van der Waals surface area contributed by atoms with Gasteiger partial charge in [0.05, 0.1) is 5.75 Å². The lowest BCUT2D eigenvalue weighted by molar-refractivity contribution is -0.111. The SMILES string of the molecule is Cc1ccc(/C=C/C(=O)Nc2ccc(CS(N)(=O)=O)cc2)o1. The maximum Gasteiger partial charge on any atom is 0.248 e. The van der Waals surface area contributed by atoms with Gasteiger partial charge in [0.2, 0.25) is 15.9 Å². The summed E-state index contributed by atoms with van der Waals surface area (Å²) in [6, 6.07) is 9.99. The van der Waals surface area contributed by atoms with Crippen LogP contribution in [-0.4, -0.2) is 14.3 Å². The molecule has 1 aromatic carbocycles. The summed E-state index contributed by atoms with van der Waals surface area (Å²) in [6.45, 7) is 1.82. The fraction of sp³-hybridized carbons (Fsp3) is 0.133. The van der Waals surface area contributed by atoms with E-state index >= 15 is 0 Å². The number of nitrogens with two attached hydrogens (primary N) is 1. The Bertz CT molecular complexity index is 789. The molecule has 2 aromatic rings. The molecule has 0 unspecified atom stereocenters. The van der Waals surface area contributed by atoms with Gasteiger partial charge in [0.1, 0.15) is 11.5 Å². The van der Waals surface area contributed by atoms with Crippen LogP contribution < -0.4 is 10.5 Å². The number of rotatable bonds is 5. The number of anilines is 1. The van der Waals surface area contributed by atoms with Crippen molar-refractivity contribution >= 4 is 27.7 Å². The number of carbonyl (C=O) groups excluding carboxylic acids is 1. The van der Waals surface area contributed by atoms with Crippen LogP contribution in [0, 0.1) is 6.92 Å². The third-order valence-corrected chi connectivity index (χ3v) is 3.49. The second kappa shape index (κ2) is 6.59. The summed E-state index contributed by atoms with van der Waals surface area (Å²) in [7, 11) is -3.56. The number of aryl methyl sites for hydroxylation is 1. The van der Waals surface area contributed by atoms with E-state index in [1.165, 1.54) is 6.08 Å². The number of hydrogen-bond acceptors (Lipinski definition) is 4. The monoisotopic (exact) mass is 320 g/mol. The smallest absolute Gasteiger partial charge is 0.248 e. The summed E-state index contributed by atoms with van der Waals surface area (Å²) in [4.78, 5) is 11.8. The topological polar surface area (TPSA) is 102 Å². The van der Waals surface area contributed by atoms with Crippen molar-refractivity contribution < 1.29 is 17.6 Å². The average molecular weight is 320 g/mol. The molecule has 0 aliphatic rings. The minimum Gasteiger partial charge on any atom is -0.462 e. The van der Waals surface area contributed by atoms with Crippen molar-refractivity contribution in [1.29, 1.82) is 0 Å². The number of carbonyl (C=O) groups is 1. The Morgan fingerprint density at radius 1 is 1.23 bits per heavy atom. The molecule has 0 saturated heterocycles. The van der Waals surface area contributed by atoms with E-state index in [1.54, 1.807) is 36.4 Å². The summed E-state index contributed by atoms with van der Waals surface area (Å²) >= 11 is 0. The van der Waals surface area contributed by atoms with Gasteiger partial charge in [-0.2, -0.15) is 0 Å². The van der Waals surface area contributed by atoms with Gasteiger partial charge in [-0.05, 0) is 42.8 Å². The fourth-order valence-corrected chi connectivity index (χ4v) is 2.46. The van der Waals surface area contributed by atoms with E-state index in [1.807, 2.05) is 13.0 Å². The lowest BCUT2D eigenvalue weighted by Crippen LogP contribution is -2.14. The van der Waals surface area contributed by atoms with E-state index < -0.39 is 10.0 Å². The molecule has 116 valence electrons. The maximum atomic E-state index is 11.8. The van der Waals surface area contributed by atoms with Crippen molar-refractivity contribution in [2.45, 2.75) is 12.7 Å². The second-order valence-corrected chi connectivity index (χ2v) is 6.39. The molecule has 0 fully saturated rings. The molecule has 1 amide bonds. The van der Waals surface area contributed by atoms with Crippen molar-refractivity contribution in [3.63, 3.8) is 0 Å². The molecule has 1 aromatic heterocycles. The minimum absolute atomic E-state index is 0.237. The number of furan rings is 1. The van der Waals surface area contributed by atoms with Crippen molar-refractivity contribution in [2.75, 3.05) is 5.32 Å². The molecule has 0 radical (unpaired) electrons. The quantitative estimate of drug-likeness (QED) is 0.823. The molecule has 0 aliphatic heterocycles. The number of amides is 1. The molecular weight excluding hydrogens is 304 g/mol. The zero-order chi connectivity index (χ0) is 16.2. The molecule has 0 atom stereocenters. The molecule has 2 rings (SSSR count). The maximum absolute atomic E-state index is 11.8. The van der Waals surface area contributed by atoms with Crippen LogP contribution in [0.5, 0.6) is 0 Å². The van der Waals surface area contributed by atoms with Crippen LogP contribution in [-0.2, 0) is 20.6 Å². The van der Waals surface area contributed by atoms with E-state index in [2.05, 4.69) is 5.32 Å². The van der Waals surface area contributed by atoms with Crippen LogP contribution in [0.1, 0.15) is 17.1 Å². The van der Waals surface area contributed by atoms with Gasteiger partial charge in [-0.1, -0.05) is 12.1 Å². The predicted octanol–water partition coefficient (Wildman–Crippen LogP) is 2.03. The van der Waals surface area contributed by atoms with Gasteiger partial charge < -0.3 is 9.73 Å². The summed E-state index contributed by atoms with van der Waals surface area (Å²) in [5.74, 6) is 0.814. The van der Waals surface area contributed by atoms with E-state index in [9.17, 15) is 13.2 Å². The first-order valence-corrected chi connectivity index (χ1v) is 8.18. The van der Waals surface area contributed by atoms with Crippen LogP contribution in [0.3, 0.4) is 0 Å². The lowest BCUT2D eigenvalue weighted by Gasteiger charge is -2.04. The summed E-state index contributed by atoms with van der Waals surface area (Å²) < 4.78 is 27.3. The van der Waals surface area contributed by atoms with Crippen LogP contribution in [0.25, 0.3) is 6.08 Å². The zero-order valence-electron chi connectivity index (χ0n) is 11.9. The second-order valence-electron chi connectivity index (χ2n) is 4.78. The summed E-state index contributed by atoms with van der Waals surface area (Å²) in [5, 5.41) is 7.63. The molecule has 6 nitrogen and oxygen atoms in total. The van der Waals surface area contributed by atoms with Gasteiger partial charge in [0.25, 0.3) is 0 Å². The van der Waals surface area contributed by atoms with Crippen LogP contribution in [0.2, 0.25) is 0 Å². The Hall–Kier alpha value is -2.38. The molecule has 0 saturated carbocycles. The van der Waals surface area contributed by atoms with Gasteiger partial charge in [0.15, 0.2) is 0 Å². The van der Waals surface area contributed by atoms with E-state index in [-0.39, 0.29) is 11.7 Å². The summed E-state index contributed by atoms with van der Waals surface area (Å²) in [5.41, 5.74) is 1.12. The van der Waals surface area contributed by atoms with Gasteiger partial charge in [-0.25, -0.2) is 13.6 Å². The number of benzene rings is 1. The van der Waals surface area contributed by atoms with Crippen LogP contribution in [0.15, 0.2) is 46.9 Å².